The first kappa shape index (κ1) is 14.4. The van der Waals surface area contributed by atoms with Crippen LogP contribution in [-0.2, 0) is 0 Å². The molecule has 106 valence electrons. The summed E-state index contributed by atoms with van der Waals surface area (Å²) in [6.07, 6.45) is 1.99. The molecule has 0 radical (unpaired) electrons. The number of rotatable bonds is 3. The number of aryl methyl sites for hydroxylation is 3. The van der Waals surface area contributed by atoms with Crippen LogP contribution in [0, 0.1) is 20.8 Å². The van der Waals surface area contributed by atoms with E-state index in [9.17, 15) is 5.11 Å². The largest absolute Gasteiger partial charge is 0.396 e. The van der Waals surface area contributed by atoms with Gasteiger partial charge < -0.3 is 15.3 Å². The molecule has 2 N–H and O–H groups in total. The molecule has 1 unspecified atom stereocenters. The van der Waals surface area contributed by atoms with Gasteiger partial charge in [-0.1, -0.05) is 17.7 Å². The summed E-state index contributed by atoms with van der Waals surface area (Å²) in [4.78, 5) is 2.50. The van der Waals surface area contributed by atoms with Crippen LogP contribution in [0.25, 0.3) is 0 Å². The molecular weight excluding hydrogens is 236 g/mol. The number of hydrogen-bond acceptors (Lipinski definition) is 3. The molecule has 1 heterocycles. The zero-order valence-corrected chi connectivity index (χ0v) is 12.4. The van der Waals surface area contributed by atoms with Crippen molar-refractivity contribution in [3.63, 3.8) is 0 Å². The molecule has 1 aliphatic rings. The van der Waals surface area contributed by atoms with Crippen LogP contribution in [0.3, 0.4) is 0 Å². The molecule has 0 aromatic heterocycles. The molecule has 0 bridgehead atoms. The molecule has 1 aromatic rings. The van der Waals surface area contributed by atoms with Crippen molar-refractivity contribution in [3.05, 3.63) is 28.8 Å². The summed E-state index contributed by atoms with van der Waals surface area (Å²) in [5.74, 6) is 0. The first-order chi connectivity index (χ1) is 9.13. The fourth-order valence-electron chi connectivity index (χ4n) is 3.26. The highest BCUT2D eigenvalue weighted by Crippen LogP contribution is 2.29. The average molecular weight is 262 g/mol. The van der Waals surface area contributed by atoms with E-state index in [1.807, 2.05) is 0 Å². The Labute approximate surface area is 116 Å². The average Bonchev–Trinajstić information content (AvgIpc) is 2.55. The Kier molecular flexibility index (Phi) is 4.83. The Morgan fingerprint density at radius 3 is 2.58 bits per heavy atom. The number of nitrogens with one attached hydrogen (secondary N) is 1. The van der Waals surface area contributed by atoms with E-state index in [0.29, 0.717) is 6.04 Å². The highest BCUT2D eigenvalue weighted by molar-refractivity contribution is 5.61. The van der Waals surface area contributed by atoms with Gasteiger partial charge in [-0.3, -0.25) is 0 Å². The van der Waals surface area contributed by atoms with Crippen LogP contribution >= 0.6 is 0 Å². The maximum absolute atomic E-state index is 9.30. The van der Waals surface area contributed by atoms with Crippen LogP contribution in [0.2, 0.25) is 0 Å². The van der Waals surface area contributed by atoms with Gasteiger partial charge in [0.25, 0.3) is 0 Å². The maximum atomic E-state index is 9.30. The van der Waals surface area contributed by atoms with Gasteiger partial charge in [-0.05, 0) is 51.3 Å². The number of anilines is 1. The second-order valence-corrected chi connectivity index (χ2v) is 5.66. The van der Waals surface area contributed by atoms with Crippen LogP contribution in [0.5, 0.6) is 0 Å². The zero-order valence-electron chi connectivity index (χ0n) is 12.4. The third-order valence-electron chi connectivity index (χ3n) is 3.96. The molecule has 0 aliphatic carbocycles. The van der Waals surface area contributed by atoms with Crippen molar-refractivity contribution in [2.24, 2.45) is 0 Å². The van der Waals surface area contributed by atoms with Gasteiger partial charge in [-0.25, -0.2) is 0 Å². The summed E-state index contributed by atoms with van der Waals surface area (Å²) in [6.45, 7) is 9.91. The molecule has 3 nitrogen and oxygen atoms in total. The minimum atomic E-state index is 0.257. The number of nitrogens with zero attached hydrogens (tertiary/aromatic N) is 1. The summed E-state index contributed by atoms with van der Waals surface area (Å²) < 4.78 is 0. The SMILES string of the molecule is Cc1cc(C)c(N2CCCNCC2CCO)c(C)c1. The Morgan fingerprint density at radius 1 is 1.26 bits per heavy atom. The fourth-order valence-corrected chi connectivity index (χ4v) is 3.26. The normalized spacial score (nSPS) is 20.4. The Bertz CT molecular complexity index is 408. The monoisotopic (exact) mass is 262 g/mol. The van der Waals surface area contributed by atoms with Crippen molar-refractivity contribution in [2.45, 2.75) is 39.7 Å². The van der Waals surface area contributed by atoms with Gasteiger partial charge in [0.2, 0.25) is 0 Å². The number of benzene rings is 1. The van der Waals surface area contributed by atoms with Crippen LogP contribution in [-0.4, -0.2) is 37.4 Å². The molecule has 3 heteroatoms. The summed E-state index contributed by atoms with van der Waals surface area (Å²) >= 11 is 0. The maximum Gasteiger partial charge on any atom is 0.0451 e. The lowest BCUT2D eigenvalue weighted by atomic mass is 10.0. The van der Waals surface area contributed by atoms with E-state index in [4.69, 9.17) is 0 Å². The zero-order chi connectivity index (χ0) is 13.8. The van der Waals surface area contributed by atoms with E-state index in [-0.39, 0.29) is 6.61 Å². The second kappa shape index (κ2) is 6.40. The van der Waals surface area contributed by atoms with Gasteiger partial charge >= 0.3 is 0 Å². The van der Waals surface area contributed by atoms with Crippen molar-refractivity contribution < 1.29 is 5.11 Å². The van der Waals surface area contributed by atoms with Gasteiger partial charge in [0.1, 0.15) is 0 Å². The van der Waals surface area contributed by atoms with Gasteiger partial charge in [0, 0.05) is 31.4 Å². The number of aliphatic hydroxyl groups excluding tert-OH is 1. The molecule has 1 fully saturated rings. The van der Waals surface area contributed by atoms with Crippen molar-refractivity contribution >= 4 is 5.69 Å². The molecule has 0 spiro atoms. The topological polar surface area (TPSA) is 35.5 Å². The van der Waals surface area contributed by atoms with E-state index in [1.54, 1.807) is 0 Å². The third-order valence-corrected chi connectivity index (χ3v) is 3.96. The number of hydrogen-bond donors (Lipinski definition) is 2. The third kappa shape index (κ3) is 3.28. The second-order valence-electron chi connectivity index (χ2n) is 5.66. The molecule has 0 amide bonds. The summed E-state index contributed by atoms with van der Waals surface area (Å²) in [5, 5.41) is 12.8. The predicted octanol–water partition coefficient (Wildman–Crippen LogP) is 2.16. The highest BCUT2D eigenvalue weighted by atomic mass is 16.3. The molecule has 19 heavy (non-hydrogen) atoms. The Hall–Kier alpha value is -1.06. The van der Waals surface area contributed by atoms with E-state index in [0.717, 1.165) is 32.5 Å². The highest BCUT2D eigenvalue weighted by Gasteiger charge is 2.23. The summed E-state index contributed by atoms with van der Waals surface area (Å²) in [5.41, 5.74) is 5.39. The summed E-state index contributed by atoms with van der Waals surface area (Å²) in [7, 11) is 0. The Balaban J connectivity index is 2.35. The van der Waals surface area contributed by atoms with E-state index >= 15 is 0 Å². The Morgan fingerprint density at radius 2 is 1.95 bits per heavy atom. The standard InChI is InChI=1S/C16H26N2O/c1-12-9-13(2)16(14(3)10-12)18-7-4-6-17-11-15(18)5-8-19/h9-10,15,17,19H,4-8,11H2,1-3H3. The molecular formula is C16H26N2O. The van der Waals surface area contributed by atoms with Gasteiger partial charge in [0.15, 0.2) is 0 Å². The molecule has 1 saturated heterocycles. The van der Waals surface area contributed by atoms with E-state index in [2.05, 4.69) is 43.1 Å². The fraction of sp³-hybridized carbons (Fsp3) is 0.625. The molecule has 0 saturated carbocycles. The van der Waals surface area contributed by atoms with Gasteiger partial charge in [-0.2, -0.15) is 0 Å². The minimum Gasteiger partial charge on any atom is -0.396 e. The lowest BCUT2D eigenvalue weighted by molar-refractivity contribution is 0.273. The van der Waals surface area contributed by atoms with Crippen LogP contribution in [0.15, 0.2) is 12.1 Å². The van der Waals surface area contributed by atoms with Gasteiger partial charge in [0.05, 0.1) is 0 Å². The molecule has 1 aromatic carbocycles. The van der Waals surface area contributed by atoms with Crippen LogP contribution in [0.4, 0.5) is 5.69 Å². The molecule has 2 rings (SSSR count). The molecule has 1 atom stereocenters. The minimum absolute atomic E-state index is 0.257. The quantitative estimate of drug-likeness (QED) is 0.876. The first-order valence-corrected chi connectivity index (χ1v) is 7.29. The van der Waals surface area contributed by atoms with Crippen molar-refractivity contribution in [3.8, 4) is 0 Å². The predicted molar refractivity (Wildman–Crippen MR) is 81.0 cm³/mol. The molecule has 1 aliphatic heterocycles. The number of aliphatic hydroxyl groups is 1. The van der Waals surface area contributed by atoms with Crippen LogP contribution in [0.1, 0.15) is 29.5 Å². The lowest BCUT2D eigenvalue weighted by Gasteiger charge is -2.34. The van der Waals surface area contributed by atoms with Crippen molar-refractivity contribution in [2.75, 3.05) is 31.1 Å². The van der Waals surface area contributed by atoms with E-state index in [1.165, 1.54) is 22.4 Å². The van der Waals surface area contributed by atoms with Crippen molar-refractivity contribution in [1.29, 1.82) is 0 Å². The first-order valence-electron chi connectivity index (χ1n) is 7.29. The van der Waals surface area contributed by atoms with Gasteiger partial charge in [-0.15, -0.1) is 0 Å². The summed E-state index contributed by atoms with van der Waals surface area (Å²) in [6, 6.07) is 4.92. The van der Waals surface area contributed by atoms with Crippen LogP contribution < -0.4 is 10.2 Å². The van der Waals surface area contributed by atoms with Crippen molar-refractivity contribution in [1.82, 2.24) is 5.32 Å². The lowest BCUT2D eigenvalue weighted by Crippen LogP contribution is -2.41. The smallest absolute Gasteiger partial charge is 0.0451 e. The van der Waals surface area contributed by atoms with E-state index < -0.39 is 0 Å².